The highest BCUT2D eigenvalue weighted by atomic mass is 35.5. The van der Waals surface area contributed by atoms with E-state index in [-0.39, 0.29) is 11.2 Å². The molecule has 1 aliphatic rings. The molecule has 90 valence electrons. The zero-order chi connectivity index (χ0) is 11.9. The summed E-state index contributed by atoms with van der Waals surface area (Å²) in [6, 6.07) is 3.55. The number of rotatable bonds is 3. The van der Waals surface area contributed by atoms with Crippen LogP contribution in [0.3, 0.4) is 0 Å². The number of nitrogens with one attached hydrogen (secondary N) is 2. The second kappa shape index (κ2) is 3.73. The summed E-state index contributed by atoms with van der Waals surface area (Å²) in [5, 5.41) is 13.7. The Morgan fingerprint density at radius 3 is 3.00 bits per heavy atom. The van der Waals surface area contributed by atoms with Crippen LogP contribution in [0.15, 0.2) is 16.9 Å². The van der Waals surface area contributed by atoms with Crippen molar-refractivity contribution in [2.24, 2.45) is 0 Å². The summed E-state index contributed by atoms with van der Waals surface area (Å²) in [4.78, 5) is 11.4. The standard InChI is InChI=1S/C10H12ClN5O/c11-6-10(4-1-5-10)12-7-2-3-8-13-14-9(17)16(8)15-7/h2-3H,1,4-6H2,(H,12,15)(H,14,17). The van der Waals surface area contributed by atoms with Gasteiger partial charge in [0.1, 0.15) is 5.82 Å². The van der Waals surface area contributed by atoms with E-state index in [2.05, 4.69) is 20.6 Å². The van der Waals surface area contributed by atoms with Gasteiger partial charge < -0.3 is 5.32 Å². The molecule has 0 spiro atoms. The smallest absolute Gasteiger partial charge is 0.362 e. The summed E-state index contributed by atoms with van der Waals surface area (Å²) >= 11 is 5.96. The van der Waals surface area contributed by atoms with Gasteiger partial charge in [0, 0.05) is 5.88 Å². The Labute approximate surface area is 102 Å². The van der Waals surface area contributed by atoms with Gasteiger partial charge in [-0.15, -0.1) is 16.7 Å². The van der Waals surface area contributed by atoms with Crippen molar-refractivity contribution >= 4 is 23.1 Å². The molecule has 0 saturated heterocycles. The van der Waals surface area contributed by atoms with Gasteiger partial charge in [0.2, 0.25) is 0 Å². The van der Waals surface area contributed by atoms with E-state index >= 15 is 0 Å². The third-order valence-electron chi connectivity index (χ3n) is 3.23. The van der Waals surface area contributed by atoms with Crippen LogP contribution in [0.1, 0.15) is 19.3 Å². The summed E-state index contributed by atoms with van der Waals surface area (Å²) in [5.74, 6) is 1.20. The van der Waals surface area contributed by atoms with Gasteiger partial charge in [-0.05, 0) is 31.4 Å². The molecule has 7 heteroatoms. The Balaban J connectivity index is 1.95. The second-order valence-electron chi connectivity index (χ2n) is 4.41. The highest BCUT2D eigenvalue weighted by Crippen LogP contribution is 2.35. The molecule has 2 aromatic rings. The molecule has 2 N–H and O–H groups in total. The quantitative estimate of drug-likeness (QED) is 0.800. The van der Waals surface area contributed by atoms with Gasteiger partial charge in [-0.3, -0.25) is 0 Å². The highest BCUT2D eigenvalue weighted by molar-refractivity contribution is 6.19. The summed E-state index contributed by atoms with van der Waals surface area (Å²) in [6.07, 6.45) is 3.25. The third-order valence-corrected chi connectivity index (χ3v) is 3.74. The van der Waals surface area contributed by atoms with E-state index in [9.17, 15) is 4.79 Å². The minimum Gasteiger partial charge on any atom is -0.362 e. The van der Waals surface area contributed by atoms with Crippen LogP contribution in [0.4, 0.5) is 5.82 Å². The van der Waals surface area contributed by atoms with Crippen molar-refractivity contribution in [3.8, 4) is 0 Å². The molecule has 1 fully saturated rings. The number of alkyl halides is 1. The second-order valence-corrected chi connectivity index (χ2v) is 4.68. The molecule has 1 aliphatic carbocycles. The average molecular weight is 254 g/mol. The van der Waals surface area contributed by atoms with Crippen LogP contribution in [0.5, 0.6) is 0 Å². The van der Waals surface area contributed by atoms with Crippen molar-refractivity contribution < 1.29 is 0 Å². The number of nitrogens with zero attached hydrogens (tertiary/aromatic N) is 3. The predicted octanol–water partition coefficient (Wildman–Crippen LogP) is 0.991. The lowest BCUT2D eigenvalue weighted by molar-refractivity contribution is 0.310. The number of H-pyrrole nitrogens is 1. The SMILES string of the molecule is O=c1[nH]nc2ccc(NC3(CCl)CCC3)nn12. The maximum absolute atomic E-state index is 11.4. The van der Waals surface area contributed by atoms with E-state index in [1.165, 1.54) is 10.9 Å². The summed E-state index contributed by atoms with van der Waals surface area (Å²) in [7, 11) is 0. The minimum atomic E-state index is -0.336. The third kappa shape index (κ3) is 1.68. The van der Waals surface area contributed by atoms with E-state index in [1.54, 1.807) is 6.07 Å². The minimum absolute atomic E-state index is 0.0599. The molecule has 0 atom stereocenters. The normalized spacial score (nSPS) is 17.9. The molecular weight excluding hydrogens is 242 g/mol. The van der Waals surface area contributed by atoms with Crippen molar-refractivity contribution in [1.29, 1.82) is 0 Å². The molecule has 17 heavy (non-hydrogen) atoms. The number of hydrogen-bond acceptors (Lipinski definition) is 4. The lowest BCUT2D eigenvalue weighted by Crippen LogP contribution is -2.47. The van der Waals surface area contributed by atoms with Gasteiger partial charge in [0.15, 0.2) is 5.65 Å². The van der Waals surface area contributed by atoms with E-state index in [0.717, 1.165) is 12.8 Å². The van der Waals surface area contributed by atoms with Crippen LogP contribution in [-0.2, 0) is 0 Å². The maximum Gasteiger partial charge on any atom is 0.364 e. The van der Waals surface area contributed by atoms with Gasteiger partial charge in [-0.25, -0.2) is 9.89 Å². The van der Waals surface area contributed by atoms with Gasteiger partial charge in [-0.2, -0.15) is 9.61 Å². The largest absolute Gasteiger partial charge is 0.364 e. The van der Waals surface area contributed by atoms with Crippen molar-refractivity contribution in [2.45, 2.75) is 24.8 Å². The number of halogens is 1. The van der Waals surface area contributed by atoms with Crippen LogP contribution in [0.25, 0.3) is 5.65 Å². The molecule has 0 bridgehead atoms. The molecular formula is C10H12ClN5O. The first-order valence-electron chi connectivity index (χ1n) is 5.51. The molecule has 0 aromatic carbocycles. The van der Waals surface area contributed by atoms with Crippen LogP contribution in [0, 0.1) is 0 Å². The average Bonchev–Trinajstić information content (AvgIpc) is 2.66. The summed E-state index contributed by atoms with van der Waals surface area (Å²) in [5.41, 5.74) is 0.113. The number of aromatic amines is 1. The molecule has 0 unspecified atom stereocenters. The molecule has 2 heterocycles. The van der Waals surface area contributed by atoms with E-state index < -0.39 is 0 Å². The zero-order valence-corrected chi connectivity index (χ0v) is 9.87. The van der Waals surface area contributed by atoms with E-state index in [1.807, 2.05) is 6.07 Å². The number of aromatic nitrogens is 4. The first kappa shape index (κ1) is 10.6. The predicted molar refractivity (Wildman–Crippen MR) is 64.5 cm³/mol. The Morgan fingerprint density at radius 2 is 2.35 bits per heavy atom. The zero-order valence-electron chi connectivity index (χ0n) is 9.11. The Morgan fingerprint density at radius 1 is 1.53 bits per heavy atom. The van der Waals surface area contributed by atoms with E-state index in [0.29, 0.717) is 17.3 Å². The van der Waals surface area contributed by atoms with Crippen molar-refractivity contribution in [3.63, 3.8) is 0 Å². The monoisotopic (exact) mass is 253 g/mol. The Hall–Kier alpha value is -1.56. The van der Waals surface area contributed by atoms with Crippen LogP contribution in [0.2, 0.25) is 0 Å². The lowest BCUT2D eigenvalue weighted by atomic mass is 9.78. The van der Waals surface area contributed by atoms with Crippen molar-refractivity contribution in [2.75, 3.05) is 11.2 Å². The van der Waals surface area contributed by atoms with Crippen LogP contribution < -0.4 is 11.0 Å². The fourth-order valence-corrected chi connectivity index (χ4v) is 2.37. The summed E-state index contributed by atoms with van der Waals surface area (Å²) < 4.78 is 1.24. The fraction of sp³-hybridized carbons (Fsp3) is 0.500. The van der Waals surface area contributed by atoms with Gasteiger partial charge in [0.25, 0.3) is 0 Å². The fourth-order valence-electron chi connectivity index (χ4n) is 2.04. The molecule has 6 nitrogen and oxygen atoms in total. The molecule has 0 radical (unpaired) electrons. The van der Waals surface area contributed by atoms with Gasteiger partial charge in [0.05, 0.1) is 5.54 Å². The van der Waals surface area contributed by atoms with Gasteiger partial charge in [-0.1, -0.05) is 0 Å². The first-order chi connectivity index (χ1) is 8.22. The molecule has 0 aliphatic heterocycles. The number of anilines is 1. The maximum atomic E-state index is 11.4. The summed E-state index contributed by atoms with van der Waals surface area (Å²) in [6.45, 7) is 0. The van der Waals surface area contributed by atoms with Crippen molar-refractivity contribution in [3.05, 3.63) is 22.6 Å². The molecule has 0 amide bonds. The number of hydrogen-bond donors (Lipinski definition) is 2. The molecule has 1 saturated carbocycles. The highest BCUT2D eigenvalue weighted by Gasteiger charge is 2.36. The molecule has 3 rings (SSSR count). The van der Waals surface area contributed by atoms with Crippen molar-refractivity contribution in [1.82, 2.24) is 19.8 Å². The molecule has 2 aromatic heterocycles. The first-order valence-corrected chi connectivity index (χ1v) is 6.05. The van der Waals surface area contributed by atoms with Crippen LogP contribution >= 0.6 is 11.6 Å². The Bertz CT molecular complexity index is 594. The van der Waals surface area contributed by atoms with E-state index in [4.69, 9.17) is 11.6 Å². The topological polar surface area (TPSA) is 75.1 Å². The number of fused-ring (bicyclic) bond motifs is 1. The van der Waals surface area contributed by atoms with Gasteiger partial charge >= 0.3 is 5.69 Å². The van der Waals surface area contributed by atoms with Crippen LogP contribution in [-0.4, -0.2) is 31.2 Å². The Kier molecular flexibility index (Phi) is 2.32. The lowest BCUT2D eigenvalue weighted by Gasteiger charge is -2.41.